The summed E-state index contributed by atoms with van der Waals surface area (Å²) in [5.74, 6) is 0. The van der Waals surface area contributed by atoms with E-state index in [9.17, 15) is 8.42 Å². The molecule has 0 bridgehead atoms. The smallest absolute Gasteiger partial charge is 0.342 e. The Labute approximate surface area is 87.1 Å². The molecule has 0 unspecified atom stereocenters. The van der Waals surface area contributed by atoms with E-state index in [0.717, 1.165) is 32.4 Å². The zero-order chi connectivity index (χ0) is 9.90. The van der Waals surface area contributed by atoms with E-state index in [1.165, 1.54) is 0 Å². The summed E-state index contributed by atoms with van der Waals surface area (Å²) in [4.78, 5) is 1.71. The van der Waals surface area contributed by atoms with Crippen LogP contribution >= 0.6 is 22.3 Å². The molecule has 0 atom stereocenters. The highest BCUT2D eigenvalue weighted by Crippen LogP contribution is 2.12. The van der Waals surface area contributed by atoms with Crippen molar-refractivity contribution in [3.63, 3.8) is 0 Å². The lowest BCUT2D eigenvalue weighted by Crippen LogP contribution is -2.33. The van der Waals surface area contributed by atoms with Gasteiger partial charge in [0.2, 0.25) is 5.29 Å². The van der Waals surface area contributed by atoms with Crippen LogP contribution in [0.15, 0.2) is 4.40 Å². The first-order valence-corrected chi connectivity index (χ1v) is 6.58. The molecule has 0 aromatic rings. The van der Waals surface area contributed by atoms with Crippen LogP contribution in [0, 0.1) is 0 Å². The molecule has 1 heterocycles. The lowest BCUT2D eigenvalue weighted by Gasteiger charge is -2.26. The Morgan fingerprint density at radius 3 is 2.23 bits per heavy atom. The molecule has 1 aliphatic rings. The van der Waals surface area contributed by atoms with Crippen molar-refractivity contribution in [1.82, 2.24) is 4.90 Å². The zero-order valence-corrected chi connectivity index (χ0v) is 9.24. The van der Waals surface area contributed by atoms with Crippen LogP contribution in [0.2, 0.25) is 0 Å². The predicted octanol–water partition coefficient (Wildman–Crippen LogP) is 1.55. The van der Waals surface area contributed by atoms with Crippen LogP contribution in [-0.4, -0.2) is 31.7 Å². The van der Waals surface area contributed by atoms with Gasteiger partial charge in [-0.3, -0.25) is 0 Å². The SMILES string of the molecule is O=S(=O)(Cl)/N=C(/Cl)N1CCCCC1. The van der Waals surface area contributed by atoms with Gasteiger partial charge in [0.25, 0.3) is 0 Å². The fraction of sp³-hybridized carbons (Fsp3) is 0.833. The van der Waals surface area contributed by atoms with Gasteiger partial charge in [-0.25, -0.2) is 0 Å². The number of hydrogen-bond acceptors (Lipinski definition) is 2. The Kier molecular flexibility index (Phi) is 3.82. The van der Waals surface area contributed by atoms with E-state index in [1.54, 1.807) is 4.90 Å². The van der Waals surface area contributed by atoms with Gasteiger partial charge in [0.05, 0.1) is 0 Å². The standard InChI is InChI=1S/C6H10Cl2N2O2S/c7-6(9-13(8,11)12)10-4-2-1-3-5-10/h1-5H2/b9-6-. The molecule has 7 heteroatoms. The van der Waals surface area contributed by atoms with Crippen LogP contribution in [0.4, 0.5) is 0 Å². The largest absolute Gasteiger partial charge is 0.346 e. The lowest BCUT2D eigenvalue weighted by atomic mass is 10.1. The summed E-state index contributed by atoms with van der Waals surface area (Å²) in [5.41, 5.74) is 0. The molecule has 1 aliphatic heterocycles. The molecule has 0 aromatic heterocycles. The van der Waals surface area contributed by atoms with Gasteiger partial charge >= 0.3 is 9.24 Å². The average Bonchev–Trinajstić information content (AvgIpc) is 2.03. The second-order valence-corrected chi connectivity index (χ2v) is 5.33. The molecule has 13 heavy (non-hydrogen) atoms. The quantitative estimate of drug-likeness (QED) is 0.305. The molecular weight excluding hydrogens is 235 g/mol. The summed E-state index contributed by atoms with van der Waals surface area (Å²) in [5, 5.41) is -0.0327. The van der Waals surface area contributed by atoms with Crippen molar-refractivity contribution in [3.05, 3.63) is 0 Å². The lowest BCUT2D eigenvalue weighted by molar-refractivity contribution is 0.347. The number of amidine groups is 1. The Bertz CT molecular complexity index is 296. The summed E-state index contributed by atoms with van der Waals surface area (Å²) in [6.07, 6.45) is 3.16. The van der Waals surface area contributed by atoms with Crippen molar-refractivity contribution in [1.29, 1.82) is 0 Å². The van der Waals surface area contributed by atoms with Crippen LogP contribution in [-0.2, 0) is 9.24 Å². The van der Waals surface area contributed by atoms with Gasteiger partial charge in [0, 0.05) is 23.8 Å². The number of nitrogens with zero attached hydrogens (tertiary/aromatic N) is 2. The molecule has 76 valence electrons. The number of likely N-dealkylation sites (tertiary alicyclic amines) is 1. The van der Waals surface area contributed by atoms with E-state index >= 15 is 0 Å². The molecule has 0 amide bonds. The summed E-state index contributed by atoms with van der Waals surface area (Å²) in [6.45, 7) is 1.49. The Morgan fingerprint density at radius 2 is 1.77 bits per heavy atom. The third-order valence-corrected chi connectivity index (χ3v) is 2.82. The van der Waals surface area contributed by atoms with E-state index in [1.807, 2.05) is 0 Å². The summed E-state index contributed by atoms with van der Waals surface area (Å²) < 4.78 is 24.3. The molecule has 0 N–H and O–H groups in total. The molecule has 0 aliphatic carbocycles. The maximum atomic E-state index is 10.6. The Morgan fingerprint density at radius 1 is 1.23 bits per heavy atom. The molecule has 1 fully saturated rings. The molecule has 0 radical (unpaired) electrons. The highest BCUT2D eigenvalue weighted by Gasteiger charge is 2.15. The number of rotatable bonds is 1. The third kappa shape index (κ3) is 4.15. The average molecular weight is 245 g/mol. The molecule has 4 nitrogen and oxygen atoms in total. The second-order valence-electron chi connectivity index (χ2n) is 2.82. The highest BCUT2D eigenvalue weighted by atomic mass is 35.7. The van der Waals surface area contributed by atoms with Gasteiger partial charge < -0.3 is 4.90 Å². The molecule has 0 aromatic carbocycles. The van der Waals surface area contributed by atoms with Gasteiger partial charge in [0.15, 0.2) is 0 Å². The van der Waals surface area contributed by atoms with E-state index < -0.39 is 9.24 Å². The van der Waals surface area contributed by atoms with Crippen LogP contribution in [0.3, 0.4) is 0 Å². The van der Waals surface area contributed by atoms with Crippen LogP contribution < -0.4 is 0 Å². The van der Waals surface area contributed by atoms with Gasteiger partial charge in [-0.15, -0.1) is 4.40 Å². The Hall–Kier alpha value is -0.000000000000000111. The normalized spacial score (nSPS) is 20.5. The highest BCUT2D eigenvalue weighted by molar-refractivity contribution is 8.12. The maximum absolute atomic E-state index is 10.6. The fourth-order valence-corrected chi connectivity index (χ4v) is 2.27. The Balaban J connectivity index is 2.65. The van der Waals surface area contributed by atoms with E-state index in [-0.39, 0.29) is 5.29 Å². The minimum Gasteiger partial charge on any atom is -0.346 e. The second kappa shape index (κ2) is 4.48. The first kappa shape index (κ1) is 11.1. The van der Waals surface area contributed by atoms with E-state index in [4.69, 9.17) is 22.3 Å². The van der Waals surface area contributed by atoms with Crippen molar-refractivity contribution in [3.8, 4) is 0 Å². The first-order chi connectivity index (χ1) is 5.99. The predicted molar refractivity (Wildman–Crippen MR) is 53.5 cm³/mol. The minimum absolute atomic E-state index is 0.0327. The topological polar surface area (TPSA) is 49.7 Å². The third-order valence-electron chi connectivity index (χ3n) is 1.80. The van der Waals surface area contributed by atoms with Gasteiger partial charge in [-0.05, 0) is 30.9 Å². The molecule has 0 spiro atoms. The molecule has 1 saturated heterocycles. The summed E-state index contributed by atoms with van der Waals surface area (Å²) in [7, 11) is 1.03. The van der Waals surface area contributed by atoms with Crippen molar-refractivity contribution in [2.75, 3.05) is 13.1 Å². The van der Waals surface area contributed by atoms with Gasteiger partial charge in [0.1, 0.15) is 0 Å². The summed E-state index contributed by atoms with van der Waals surface area (Å²) in [6, 6.07) is 0. The van der Waals surface area contributed by atoms with Crippen molar-refractivity contribution < 1.29 is 8.42 Å². The van der Waals surface area contributed by atoms with Crippen molar-refractivity contribution in [2.24, 2.45) is 4.40 Å². The van der Waals surface area contributed by atoms with Crippen LogP contribution in [0.5, 0.6) is 0 Å². The van der Waals surface area contributed by atoms with Gasteiger partial charge in [-0.1, -0.05) is 0 Å². The number of piperidine rings is 1. The minimum atomic E-state index is -3.89. The maximum Gasteiger partial charge on any atom is 0.342 e. The van der Waals surface area contributed by atoms with Gasteiger partial charge in [-0.2, -0.15) is 8.42 Å². The monoisotopic (exact) mass is 244 g/mol. The van der Waals surface area contributed by atoms with Crippen molar-refractivity contribution >= 4 is 36.8 Å². The zero-order valence-electron chi connectivity index (χ0n) is 6.91. The van der Waals surface area contributed by atoms with Crippen LogP contribution in [0.25, 0.3) is 0 Å². The summed E-state index contributed by atoms with van der Waals surface area (Å²) >= 11 is 5.66. The first-order valence-electron chi connectivity index (χ1n) is 3.94. The van der Waals surface area contributed by atoms with E-state index in [2.05, 4.69) is 4.40 Å². The molecular formula is C6H10Cl2N2O2S. The van der Waals surface area contributed by atoms with E-state index in [0.29, 0.717) is 0 Å². The fourth-order valence-electron chi connectivity index (χ4n) is 1.23. The van der Waals surface area contributed by atoms with Crippen LogP contribution in [0.1, 0.15) is 19.3 Å². The molecule has 1 rings (SSSR count). The van der Waals surface area contributed by atoms with Crippen molar-refractivity contribution in [2.45, 2.75) is 19.3 Å². The molecule has 0 saturated carbocycles. The number of hydrogen-bond donors (Lipinski definition) is 0. The number of halogens is 2.